The number of aromatic nitrogens is 5. The van der Waals surface area contributed by atoms with E-state index in [1.165, 1.54) is 60.8 Å². The van der Waals surface area contributed by atoms with Crippen LogP contribution in [0.5, 0.6) is 0 Å². The van der Waals surface area contributed by atoms with Gasteiger partial charge in [-0.05, 0) is 85.5 Å². The molecule has 0 amide bonds. The lowest BCUT2D eigenvalue weighted by Crippen LogP contribution is -2.26. The van der Waals surface area contributed by atoms with Crippen LogP contribution in [-0.4, -0.2) is 24.1 Å². The Hall–Kier alpha value is -7.11. The Balaban J connectivity index is 1.05. The van der Waals surface area contributed by atoms with Crippen molar-refractivity contribution in [3.8, 4) is 39.6 Å². The number of hydrogen-bond acceptors (Lipinski definition) is 3. The summed E-state index contributed by atoms with van der Waals surface area (Å²) in [5.74, 6) is 2.50. The second-order valence-corrected chi connectivity index (χ2v) is 16.0. The molecule has 2 unspecified atom stereocenters. The Bertz CT molecular complexity index is 3070. The largest absolute Gasteiger partial charge is 0.313 e. The lowest BCUT2D eigenvalue weighted by molar-refractivity contribution is 0.553. The number of para-hydroxylation sites is 2. The van der Waals surface area contributed by atoms with E-state index in [1.807, 2.05) is 36.4 Å². The first-order chi connectivity index (χ1) is 28.5. The Morgan fingerprint density at radius 2 is 1.12 bits per heavy atom. The highest BCUT2D eigenvalue weighted by atomic mass is 15.1. The van der Waals surface area contributed by atoms with Crippen molar-refractivity contribution in [2.45, 2.75) is 38.0 Å². The summed E-state index contributed by atoms with van der Waals surface area (Å²) < 4.78 is 4.88. The van der Waals surface area contributed by atoms with Crippen LogP contribution >= 0.6 is 0 Å². The third kappa shape index (κ3) is 5.57. The van der Waals surface area contributed by atoms with Gasteiger partial charge in [0.05, 0.1) is 22.0 Å². The number of nitrogens with zero attached hydrogens (tertiary/aromatic N) is 5. The van der Waals surface area contributed by atoms with E-state index in [0.717, 1.165) is 35.5 Å². The fourth-order valence-corrected chi connectivity index (χ4v) is 9.18. The van der Waals surface area contributed by atoms with E-state index >= 15 is 0 Å². The van der Waals surface area contributed by atoms with Gasteiger partial charge in [-0.2, -0.15) is 0 Å². The van der Waals surface area contributed by atoms with Crippen molar-refractivity contribution in [2.75, 3.05) is 0 Å². The number of allylic oxidation sites excluding steroid dienone is 5. The molecule has 3 heterocycles. The first kappa shape index (κ1) is 34.2. The standard InChI is InChI=1S/C53H41N5/c1-35-16-14-25-43-45-33-39(38-27-29-47-44(32-38)42-24-12-13-26-46(42)57(47)40-21-10-5-11-22-40)28-30-48(45)58(49(35)43)41-23-15-31-53(2,34-41)52-55-50(36-17-6-3-7-18-36)54-51(56-52)37-19-8-4-9-20-37/h3-15,17-30,32-35H,16,31H2,1-2H3. The summed E-state index contributed by atoms with van der Waals surface area (Å²) >= 11 is 0. The van der Waals surface area contributed by atoms with Gasteiger partial charge in [-0.1, -0.05) is 134 Å². The van der Waals surface area contributed by atoms with Gasteiger partial charge in [0.15, 0.2) is 11.6 Å². The minimum Gasteiger partial charge on any atom is -0.313 e. The Kier molecular flexibility index (Phi) is 7.97. The van der Waals surface area contributed by atoms with Crippen molar-refractivity contribution in [3.63, 3.8) is 0 Å². The topological polar surface area (TPSA) is 48.5 Å². The molecule has 6 aromatic carbocycles. The van der Waals surface area contributed by atoms with Gasteiger partial charge in [-0.25, -0.2) is 15.0 Å². The molecule has 0 saturated heterocycles. The molecule has 0 fully saturated rings. The SMILES string of the molecule is CC1CC=Cc2c1n(C1=CC(C)(c3nc(-c4ccccc4)nc(-c4ccccc4)n3)CC=C1)c1ccc(-c3ccc4c(c3)c3ccccc3n4-c3ccccc3)cc21. The first-order valence-electron chi connectivity index (χ1n) is 20.2. The van der Waals surface area contributed by atoms with Crippen molar-refractivity contribution in [3.05, 3.63) is 193 Å². The average molecular weight is 748 g/mol. The van der Waals surface area contributed by atoms with Crippen LogP contribution in [0.25, 0.3) is 84.1 Å². The molecule has 5 nitrogen and oxygen atoms in total. The third-order valence-corrected chi connectivity index (χ3v) is 12.1. The van der Waals surface area contributed by atoms with Gasteiger partial charge >= 0.3 is 0 Å². The summed E-state index contributed by atoms with van der Waals surface area (Å²) in [7, 11) is 0. The highest BCUT2D eigenvalue weighted by molar-refractivity contribution is 6.10. The van der Waals surface area contributed by atoms with E-state index in [2.05, 4.69) is 169 Å². The molecule has 0 aliphatic heterocycles. The molecule has 0 N–H and O–H groups in total. The van der Waals surface area contributed by atoms with Crippen LogP contribution in [0.2, 0.25) is 0 Å². The molecule has 9 aromatic rings. The second-order valence-electron chi connectivity index (χ2n) is 16.0. The maximum Gasteiger partial charge on any atom is 0.163 e. The Morgan fingerprint density at radius 1 is 0.534 bits per heavy atom. The highest BCUT2D eigenvalue weighted by Gasteiger charge is 2.33. The molecule has 0 bridgehead atoms. The molecule has 0 spiro atoms. The molecule has 11 rings (SSSR count). The molecule has 3 aromatic heterocycles. The van der Waals surface area contributed by atoms with Gasteiger partial charge in [0.1, 0.15) is 5.82 Å². The van der Waals surface area contributed by atoms with Gasteiger partial charge < -0.3 is 9.13 Å². The van der Waals surface area contributed by atoms with Crippen LogP contribution in [-0.2, 0) is 5.41 Å². The first-order valence-corrected chi connectivity index (χ1v) is 20.2. The van der Waals surface area contributed by atoms with E-state index in [0.29, 0.717) is 17.6 Å². The minimum absolute atomic E-state index is 0.352. The Morgan fingerprint density at radius 3 is 1.81 bits per heavy atom. The maximum atomic E-state index is 5.19. The number of hydrogen-bond donors (Lipinski definition) is 0. The predicted octanol–water partition coefficient (Wildman–Crippen LogP) is 13.2. The van der Waals surface area contributed by atoms with E-state index < -0.39 is 5.41 Å². The zero-order valence-electron chi connectivity index (χ0n) is 32.5. The highest BCUT2D eigenvalue weighted by Crippen LogP contribution is 2.44. The molecular weight excluding hydrogens is 707 g/mol. The maximum absolute atomic E-state index is 5.19. The second kappa shape index (κ2) is 13.5. The van der Waals surface area contributed by atoms with Crippen molar-refractivity contribution in [1.82, 2.24) is 24.1 Å². The zero-order chi connectivity index (χ0) is 38.8. The van der Waals surface area contributed by atoms with Crippen LogP contribution in [0.15, 0.2) is 176 Å². The van der Waals surface area contributed by atoms with Gasteiger partial charge in [-0.15, -0.1) is 0 Å². The number of fused-ring (bicyclic) bond motifs is 6. The molecule has 0 saturated carbocycles. The van der Waals surface area contributed by atoms with Crippen molar-refractivity contribution >= 4 is 44.5 Å². The zero-order valence-corrected chi connectivity index (χ0v) is 32.5. The summed E-state index contributed by atoms with van der Waals surface area (Å²) in [6.07, 6.45) is 13.4. The summed E-state index contributed by atoms with van der Waals surface area (Å²) in [4.78, 5) is 15.4. The molecular formula is C53H41N5. The van der Waals surface area contributed by atoms with Gasteiger partial charge in [0.25, 0.3) is 0 Å². The molecule has 278 valence electrons. The normalized spacial score (nSPS) is 17.6. The summed E-state index contributed by atoms with van der Waals surface area (Å²) in [5.41, 5.74) is 12.5. The van der Waals surface area contributed by atoms with E-state index in [1.54, 1.807) is 0 Å². The van der Waals surface area contributed by atoms with Crippen molar-refractivity contribution in [2.24, 2.45) is 0 Å². The monoisotopic (exact) mass is 747 g/mol. The number of benzene rings is 6. The molecule has 2 aliphatic rings. The lowest BCUT2D eigenvalue weighted by Gasteiger charge is -2.29. The third-order valence-electron chi connectivity index (χ3n) is 12.1. The smallest absolute Gasteiger partial charge is 0.163 e. The number of rotatable bonds is 6. The molecule has 58 heavy (non-hydrogen) atoms. The fraction of sp³-hybridized carbons (Fsp3) is 0.113. The van der Waals surface area contributed by atoms with Crippen LogP contribution < -0.4 is 0 Å². The van der Waals surface area contributed by atoms with E-state index in [-0.39, 0.29) is 0 Å². The van der Waals surface area contributed by atoms with Gasteiger partial charge in [0.2, 0.25) is 0 Å². The Labute approximate surface area is 338 Å². The molecule has 2 atom stereocenters. The van der Waals surface area contributed by atoms with Crippen LogP contribution in [0.1, 0.15) is 49.7 Å². The minimum atomic E-state index is -0.467. The van der Waals surface area contributed by atoms with Crippen LogP contribution in [0, 0.1) is 0 Å². The van der Waals surface area contributed by atoms with Gasteiger partial charge in [0, 0.05) is 55.8 Å². The van der Waals surface area contributed by atoms with E-state index in [4.69, 9.17) is 15.0 Å². The van der Waals surface area contributed by atoms with Crippen LogP contribution in [0.3, 0.4) is 0 Å². The van der Waals surface area contributed by atoms with E-state index in [9.17, 15) is 0 Å². The quantitative estimate of drug-likeness (QED) is 0.170. The van der Waals surface area contributed by atoms with Crippen molar-refractivity contribution < 1.29 is 0 Å². The molecule has 5 heteroatoms. The lowest BCUT2D eigenvalue weighted by atomic mass is 9.81. The summed E-state index contributed by atoms with van der Waals surface area (Å²) in [5, 5.41) is 3.78. The summed E-state index contributed by atoms with van der Waals surface area (Å²) in [6, 6.07) is 53.8. The fourth-order valence-electron chi connectivity index (χ4n) is 9.18. The average Bonchev–Trinajstić information content (AvgIpc) is 3.80. The van der Waals surface area contributed by atoms with Gasteiger partial charge in [-0.3, -0.25) is 0 Å². The molecule has 0 radical (unpaired) electrons. The van der Waals surface area contributed by atoms with Crippen molar-refractivity contribution in [1.29, 1.82) is 0 Å². The summed E-state index contributed by atoms with van der Waals surface area (Å²) in [6.45, 7) is 4.62. The molecule has 2 aliphatic carbocycles. The predicted molar refractivity (Wildman–Crippen MR) is 240 cm³/mol. The van der Waals surface area contributed by atoms with Crippen LogP contribution in [0.4, 0.5) is 0 Å².